The Bertz CT molecular complexity index is 768. The lowest BCUT2D eigenvalue weighted by molar-refractivity contribution is -0.143. The number of hydrogen-bond acceptors (Lipinski definition) is 3. The summed E-state index contributed by atoms with van der Waals surface area (Å²) in [6.45, 7) is 1.14. The molecule has 0 atom stereocenters. The molecule has 2 aromatic rings. The molecule has 27 heavy (non-hydrogen) atoms. The van der Waals surface area contributed by atoms with Crippen LogP contribution in [0.15, 0.2) is 48.7 Å². The van der Waals surface area contributed by atoms with E-state index in [4.69, 9.17) is 4.74 Å². The molecule has 6 nitrogen and oxygen atoms in total. The Labute approximate surface area is 160 Å². The van der Waals surface area contributed by atoms with Gasteiger partial charge in [0.2, 0.25) is 11.8 Å². The zero-order valence-corrected chi connectivity index (χ0v) is 16.0. The number of aryl methyl sites for hydroxylation is 1. The van der Waals surface area contributed by atoms with Crippen LogP contribution < -0.4 is 0 Å². The van der Waals surface area contributed by atoms with Gasteiger partial charge >= 0.3 is 0 Å². The molecule has 0 unspecified atom stereocenters. The van der Waals surface area contributed by atoms with E-state index in [1.807, 2.05) is 65.2 Å². The standard InChI is InChI=1S/C21H27N3O3/c1-22-12-6-9-19(22)14-23(13-17-7-4-3-5-8-17)20(25)15-24(18-10-11-18)21(26)16-27-2/h3-9,12,18H,10-11,13-16H2,1-2H3. The predicted octanol–water partition coefficient (Wildman–Crippen LogP) is 2.19. The number of methoxy groups -OCH3 is 1. The summed E-state index contributed by atoms with van der Waals surface area (Å²) >= 11 is 0. The first-order valence-electron chi connectivity index (χ1n) is 9.29. The van der Waals surface area contributed by atoms with Crippen LogP contribution in [-0.4, -0.2) is 52.5 Å². The lowest BCUT2D eigenvalue weighted by Gasteiger charge is -2.28. The highest BCUT2D eigenvalue weighted by molar-refractivity contribution is 5.86. The Kier molecular flexibility index (Phi) is 6.29. The van der Waals surface area contributed by atoms with Gasteiger partial charge in [0, 0.05) is 38.6 Å². The molecule has 1 aliphatic carbocycles. The first-order chi connectivity index (χ1) is 13.1. The molecule has 144 valence electrons. The zero-order valence-electron chi connectivity index (χ0n) is 16.0. The molecule has 1 saturated carbocycles. The van der Waals surface area contributed by atoms with Gasteiger partial charge in [0.05, 0.1) is 6.54 Å². The molecule has 0 aliphatic heterocycles. The molecule has 0 saturated heterocycles. The Morgan fingerprint density at radius 2 is 1.81 bits per heavy atom. The fourth-order valence-corrected chi connectivity index (χ4v) is 3.15. The third-order valence-electron chi connectivity index (χ3n) is 4.85. The highest BCUT2D eigenvalue weighted by Crippen LogP contribution is 2.27. The van der Waals surface area contributed by atoms with Gasteiger partial charge < -0.3 is 19.1 Å². The van der Waals surface area contributed by atoms with Gasteiger partial charge in [-0.15, -0.1) is 0 Å². The smallest absolute Gasteiger partial charge is 0.249 e. The van der Waals surface area contributed by atoms with Crippen LogP contribution in [0.25, 0.3) is 0 Å². The van der Waals surface area contributed by atoms with Crippen LogP contribution in [0.1, 0.15) is 24.1 Å². The molecular weight excluding hydrogens is 342 g/mol. The summed E-state index contributed by atoms with van der Waals surface area (Å²) in [6.07, 6.45) is 3.89. The minimum Gasteiger partial charge on any atom is -0.375 e. The Morgan fingerprint density at radius 1 is 1.07 bits per heavy atom. The van der Waals surface area contributed by atoms with E-state index in [1.54, 1.807) is 4.90 Å². The van der Waals surface area contributed by atoms with Crippen LogP contribution in [0.4, 0.5) is 0 Å². The fourth-order valence-electron chi connectivity index (χ4n) is 3.15. The van der Waals surface area contributed by atoms with Crippen molar-refractivity contribution in [1.82, 2.24) is 14.4 Å². The van der Waals surface area contributed by atoms with Gasteiger partial charge in [-0.3, -0.25) is 9.59 Å². The molecule has 1 aromatic heterocycles. The number of hydrogen-bond donors (Lipinski definition) is 0. The van der Waals surface area contributed by atoms with Crippen molar-refractivity contribution in [3.63, 3.8) is 0 Å². The third kappa shape index (κ3) is 5.20. The van der Waals surface area contributed by atoms with Gasteiger partial charge in [-0.25, -0.2) is 0 Å². The van der Waals surface area contributed by atoms with Crippen LogP contribution in [0.2, 0.25) is 0 Å². The predicted molar refractivity (Wildman–Crippen MR) is 103 cm³/mol. The number of amides is 2. The van der Waals surface area contributed by atoms with E-state index < -0.39 is 0 Å². The summed E-state index contributed by atoms with van der Waals surface area (Å²) in [5, 5.41) is 0. The summed E-state index contributed by atoms with van der Waals surface area (Å²) in [5.74, 6) is -0.164. The van der Waals surface area contributed by atoms with Crippen molar-refractivity contribution in [3.8, 4) is 0 Å². The van der Waals surface area contributed by atoms with Gasteiger partial charge in [-0.05, 0) is 30.5 Å². The lowest BCUT2D eigenvalue weighted by atomic mass is 10.2. The molecule has 0 spiro atoms. The number of carbonyl (C=O) groups excluding carboxylic acids is 2. The second-order valence-corrected chi connectivity index (χ2v) is 7.03. The second kappa shape index (κ2) is 8.86. The Hall–Kier alpha value is -2.60. The molecule has 0 N–H and O–H groups in total. The number of rotatable bonds is 9. The van der Waals surface area contributed by atoms with E-state index in [-0.39, 0.29) is 31.0 Å². The Morgan fingerprint density at radius 3 is 2.41 bits per heavy atom. The maximum atomic E-state index is 13.1. The van der Waals surface area contributed by atoms with E-state index in [9.17, 15) is 9.59 Å². The highest BCUT2D eigenvalue weighted by Gasteiger charge is 2.34. The SMILES string of the molecule is COCC(=O)N(CC(=O)N(Cc1ccccc1)Cc1cccn1C)C1CC1. The van der Waals surface area contributed by atoms with Crippen molar-refractivity contribution in [2.24, 2.45) is 7.05 Å². The van der Waals surface area contributed by atoms with E-state index in [1.165, 1.54) is 7.11 Å². The number of benzene rings is 1. The van der Waals surface area contributed by atoms with Gasteiger partial charge in [0.1, 0.15) is 13.2 Å². The van der Waals surface area contributed by atoms with Gasteiger partial charge in [0.25, 0.3) is 0 Å². The highest BCUT2D eigenvalue weighted by atomic mass is 16.5. The fraction of sp³-hybridized carbons (Fsp3) is 0.429. The first-order valence-corrected chi connectivity index (χ1v) is 9.29. The minimum atomic E-state index is -0.119. The molecule has 0 bridgehead atoms. The summed E-state index contributed by atoms with van der Waals surface area (Å²) in [6, 6.07) is 14.1. The van der Waals surface area contributed by atoms with Crippen LogP contribution in [0.5, 0.6) is 0 Å². The van der Waals surface area contributed by atoms with Crippen LogP contribution in [-0.2, 0) is 34.5 Å². The minimum absolute atomic E-state index is 0.0142. The molecule has 1 fully saturated rings. The van der Waals surface area contributed by atoms with Gasteiger partial charge in [-0.2, -0.15) is 0 Å². The average Bonchev–Trinajstić information content (AvgIpc) is 3.43. The topological polar surface area (TPSA) is 54.8 Å². The largest absolute Gasteiger partial charge is 0.375 e. The van der Waals surface area contributed by atoms with Crippen molar-refractivity contribution in [1.29, 1.82) is 0 Å². The molecule has 2 amide bonds. The van der Waals surface area contributed by atoms with E-state index >= 15 is 0 Å². The molecule has 0 radical (unpaired) electrons. The van der Waals surface area contributed by atoms with Crippen molar-refractivity contribution in [2.75, 3.05) is 20.3 Å². The number of ether oxygens (including phenoxy) is 1. The quantitative estimate of drug-likeness (QED) is 0.681. The summed E-state index contributed by atoms with van der Waals surface area (Å²) in [4.78, 5) is 29.0. The van der Waals surface area contributed by atoms with Crippen LogP contribution in [0.3, 0.4) is 0 Å². The first kappa shape index (κ1) is 19.2. The molecule has 1 heterocycles. The summed E-state index contributed by atoms with van der Waals surface area (Å²) in [7, 11) is 3.47. The van der Waals surface area contributed by atoms with Crippen molar-refractivity contribution in [3.05, 3.63) is 59.9 Å². The zero-order chi connectivity index (χ0) is 19.2. The summed E-state index contributed by atoms with van der Waals surface area (Å²) in [5.41, 5.74) is 2.13. The monoisotopic (exact) mass is 369 g/mol. The number of nitrogens with zero attached hydrogens (tertiary/aromatic N) is 3. The second-order valence-electron chi connectivity index (χ2n) is 7.03. The van der Waals surface area contributed by atoms with Crippen molar-refractivity contribution in [2.45, 2.75) is 32.0 Å². The van der Waals surface area contributed by atoms with Crippen LogP contribution in [0, 0.1) is 0 Å². The van der Waals surface area contributed by atoms with Crippen molar-refractivity contribution < 1.29 is 14.3 Å². The Balaban J connectivity index is 1.74. The average molecular weight is 369 g/mol. The number of carbonyl (C=O) groups is 2. The summed E-state index contributed by atoms with van der Waals surface area (Å²) < 4.78 is 7.00. The van der Waals surface area contributed by atoms with Crippen LogP contribution >= 0.6 is 0 Å². The normalized spacial score (nSPS) is 13.4. The molecule has 1 aliphatic rings. The van der Waals surface area contributed by atoms with Crippen molar-refractivity contribution >= 4 is 11.8 Å². The maximum absolute atomic E-state index is 13.1. The van der Waals surface area contributed by atoms with E-state index in [0.717, 1.165) is 24.1 Å². The maximum Gasteiger partial charge on any atom is 0.249 e. The molecular formula is C21H27N3O3. The molecule has 3 rings (SSSR count). The lowest BCUT2D eigenvalue weighted by Crippen LogP contribution is -2.44. The molecule has 1 aromatic carbocycles. The van der Waals surface area contributed by atoms with Gasteiger partial charge in [-0.1, -0.05) is 30.3 Å². The van der Waals surface area contributed by atoms with E-state index in [0.29, 0.717) is 13.1 Å². The third-order valence-corrected chi connectivity index (χ3v) is 4.85. The van der Waals surface area contributed by atoms with Gasteiger partial charge in [0.15, 0.2) is 0 Å². The molecule has 6 heteroatoms. The number of aromatic nitrogens is 1. The van der Waals surface area contributed by atoms with E-state index in [2.05, 4.69) is 0 Å².